The molecule has 1 aromatic heterocycles. The number of phenols is 1. The molecule has 2 aliphatic heterocycles. The third-order valence-corrected chi connectivity index (χ3v) is 4.77. The Hall–Kier alpha value is -2.01. The molecule has 110 valence electrons. The fourth-order valence-electron chi connectivity index (χ4n) is 3.74. The lowest BCUT2D eigenvalue weighted by molar-refractivity contribution is -0.131. The summed E-state index contributed by atoms with van der Waals surface area (Å²) in [5.74, 6) is 0.409. The summed E-state index contributed by atoms with van der Waals surface area (Å²) in [7, 11) is 0. The average Bonchev–Trinajstić information content (AvgIpc) is 3.12. The van der Waals surface area contributed by atoms with E-state index in [1.807, 2.05) is 11.0 Å². The number of likely N-dealkylation sites (tertiary alicyclic amines) is 2. The van der Waals surface area contributed by atoms with E-state index in [2.05, 4.69) is 4.90 Å². The van der Waals surface area contributed by atoms with Gasteiger partial charge in [0.05, 0.1) is 6.26 Å². The maximum Gasteiger partial charge on any atom is 0.219 e. The molecule has 2 fully saturated rings. The zero-order valence-corrected chi connectivity index (χ0v) is 12.0. The van der Waals surface area contributed by atoms with Crippen LogP contribution in [0.25, 0.3) is 11.0 Å². The zero-order valence-electron chi connectivity index (χ0n) is 12.0. The molecule has 0 aliphatic carbocycles. The second-order valence-corrected chi connectivity index (χ2v) is 6.09. The molecule has 21 heavy (non-hydrogen) atoms. The number of phenolic OH excluding ortho intramolecular Hbond substituents is 1. The predicted molar refractivity (Wildman–Crippen MR) is 77.9 cm³/mol. The van der Waals surface area contributed by atoms with Crippen LogP contribution in [-0.4, -0.2) is 46.0 Å². The lowest BCUT2D eigenvalue weighted by atomic mass is 10.1. The van der Waals surface area contributed by atoms with Gasteiger partial charge in [-0.25, -0.2) is 0 Å². The molecule has 5 nitrogen and oxygen atoms in total. The highest BCUT2D eigenvalue weighted by molar-refractivity contribution is 5.82. The maximum atomic E-state index is 11.5. The smallest absolute Gasteiger partial charge is 0.219 e. The van der Waals surface area contributed by atoms with E-state index in [9.17, 15) is 9.90 Å². The highest BCUT2D eigenvalue weighted by atomic mass is 16.3. The van der Waals surface area contributed by atoms with E-state index >= 15 is 0 Å². The van der Waals surface area contributed by atoms with Gasteiger partial charge < -0.3 is 14.4 Å². The number of hydrogen-bond acceptors (Lipinski definition) is 4. The molecule has 4 rings (SSSR count). The minimum absolute atomic E-state index is 0.186. The molecule has 0 saturated carbocycles. The van der Waals surface area contributed by atoms with Gasteiger partial charge in [0.25, 0.3) is 0 Å². The summed E-state index contributed by atoms with van der Waals surface area (Å²) in [6.07, 6.45) is 2.86. The summed E-state index contributed by atoms with van der Waals surface area (Å²) in [4.78, 5) is 16.0. The number of benzene rings is 1. The highest BCUT2D eigenvalue weighted by Gasteiger charge is 2.44. The lowest BCUT2D eigenvalue weighted by Crippen LogP contribution is -2.47. The van der Waals surface area contributed by atoms with E-state index in [1.165, 1.54) is 0 Å². The summed E-state index contributed by atoms with van der Waals surface area (Å²) in [5.41, 5.74) is 1.87. The van der Waals surface area contributed by atoms with Crippen LogP contribution in [-0.2, 0) is 11.3 Å². The van der Waals surface area contributed by atoms with Crippen molar-refractivity contribution in [3.05, 3.63) is 30.0 Å². The summed E-state index contributed by atoms with van der Waals surface area (Å²) < 4.78 is 5.53. The first-order valence-corrected chi connectivity index (χ1v) is 7.32. The van der Waals surface area contributed by atoms with Crippen LogP contribution >= 0.6 is 0 Å². The fraction of sp³-hybridized carbons (Fsp3) is 0.438. The molecule has 2 saturated heterocycles. The predicted octanol–water partition coefficient (Wildman–Crippen LogP) is 1.94. The standard InChI is InChI=1S/C16H18N2O3/c1-10(19)18-8-12-4-13(18)7-17(12)6-11-9-21-16-5-14(20)2-3-15(11)16/h2-3,5,9,12-13,20H,4,6-8H2,1H3/t12-,13-/m0/s1. The fourth-order valence-corrected chi connectivity index (χ4v) is 3.74. The molecule has 2 aliphatic rings. The number of nitrogens with zero attached hydrogens (tertiary/aromatic N) is 2. The van der Waals surface area contributed by atoms with Gasteiger partial charge in [-0.05, 0) is 18.6 Å². The van der Waals surface area contributed by atoms with Gasteiger partial charge >= 0.3 is 0 Å². The molecular weight excluding hydrogens is 268 g/mol. The molecule has 1 aromatic carbocycles. The van der Waals surface area contributed by atoms with Gasteiger partial charge in [0, 0.05) is 55.7 Å². The summed E-state index contributed by atoms with van der Waals surface area (Å²) in [6, 6.07) is 6.07. The van der Waals surface area contributed by atoms with Crippen LogP contribution in [0.15, 0.2) is 28.9 Å². The van der Waals surface area contributed by atoms with Crippen molar-refractivity contribution in [1.82, 2.24) is 9.80 Å². The van der Waals surface area contributed by atoms with Crippen LogP contribution < -0.4 is 0 Å². The van der Waals surface area contributed by atoms with Crippen LogP contribution in [0.1, 0.15) is 18.9 Å². The third kappa shape index (κ3) is 2.00. The van der Waals surface area contributed by atoms with E-state index in [4.69, 9.17) is 4.42 Å². The van der Waals surface area contributed by atoms with Crippen molar-refractivity contribution in [3.8, 4) is 5.75 Å². The highest BCUT2D eigenvalue weighted by Crippen LogP contribution is 2.33. The Morgan fingerprint density at radius 1 is 1.38 bits per heavy atom. The number of carbonyl (C=O) groups is 1. The molecule has 2 atom stereocenters. The van der Waals surface area contributed by atoms with Crippen molar-refractivity contribution in [2.24, 2.45) is 0 Å². The molecule has 0 unspecified atom stereocenters. The third-order valence-electron chi connectivity index (χ3n) is 4.77. The van der Waals surface area contributed by atoms with Gasteiger partial charge in [-0.2, -0.15) is 0 Å². The number of amides is 1. The van der Waals surface area contributed by atoms with Crippen molar-refractivity contribution in [2.75, 3.05) is 13.1 Å². The molecule has 0 spiro atoms. The van der Waals surface area contributed by atoms with Gasteiger partial charge in [0.1, 0.15) is 11.3 Å². The topological polar surface area (TPSA) is 56.9 Å². The van der Waals surface area contributed by atoms with Gasteiger partial charge in [0.2, 0.25) is 5.91 Å². The van der Waals surface area contributed by atoms with Crippen molar-refractivity contribution >= 4 is 16.9 Å². The molecule has 2 bridgehead atoms. The summed E-state index contributed by atoms with van der Waals surface area (Å²) >= 11 is 0. The Balaban J connectivity index is 1.54. The van der Waals surface area contributed by atoms with Gasteiger partial charge in [-0.1, -0.05) is 0 Å². The van der Waals surface area contributed by atoms with Crippen LogP contribution in [0.4, 0.5) is 0 Å². The number of furan rings is 1. The molecule has 1 N–H and O–H groups in total. The van der Waals surface area contributed by atoms with Crippen molar-refractivity contribution in [1.29, 1.82) is 0 Å². The Morgan fingerprint density at radius 2 is 2.24 bits per heavy atom. The Labute approximate surface area is 122 Å². The van der Waals surface area contributed by atoms with Gasteiger partial charge in [0.15, 0.2) is 0 Å². The number of rotatable bonds is 2. The molecular formula is C16H18N2O3. The molecule has 0 radical (unpaired) electrons. The van der Waals surface area contributed by atoms with E-state index in [0.29, 0.717) is 12.1 Å². The van der Waals surface area contributed by atoms with E-state index in [-0.39, 0.29) is 11.7 Å². The maximum absolute atomic E-state index is 11.5. The van der Waals surface area contributed by atoms with Gasteiger partial charge in [-0.15, -0.1) is 0 Å². The normalized spacial score (nSPS) is 25.1. The SMILES string of the molecule is CC(=O)N1C[C@@H]2C[C@H]1CN2Cc1coc2cc(O)ccc12. The van der Waals surface area contributed by atoms with Crippen molar-refractivity contribution < 1.29 is 14.3 Å². The Morgan fingerprint density at radius 3 is 2.95 bits per heavy atom. The average molecular weight is 286 g/mol. The van der Waals surface area contributed by atoms with E-state index in [0.717, 1.165) is 42.6 Å². The van der Waals surface area contributed by atoms with Gasteiger partial charge in [-0.3, -0.25) is 9.69 Å². The van der Waals surface area contributed by atoms with Crippen molar-refractivity contribution in [3.63, 3.8) is 0 Å². The second kappa shape index (κ2) is 4.49. The Bertz CT molecular complexity index is 709. The second-order valence-electron chi connectivity index (χ2n) is 6.09. The number of piperazine rings is 1. The summed E-state index contributed by atoms with van der Waals surface area (Å²) in [6.45, 7) is 4.28. The van der Waals surface area contributed by atoms with Crippen LogP contribution in [0.3, 0.4) is 0 Å². The first kappa shape index (κ1) is 12.7. The minimum atomic E-state index is 0.186. The number of fused-ring (bicyclic) bond motifs is 3. The van der Waals surface area contributed by atoms with Crippen LogP contribution in [0.2, 0.25) is 0 Å². The monoisotopic (exact) mass is 286 g/mol. The molecule has 5 heteroatoms. The number of aromatic hydroxyl groups is 1. The number of hydrogen-bond donors (Lipinski definition) is 1. The van der Waals surface area contributed by atoms with Crippen LogP contribution in [0.5, 0.6) is 5.75 Å². The zero-order chi connectivity index (χ0) is 14.6. The largest absolute Gasteiger partial charge is 0.508 e. The first-order chi connectivity index (χ1) is 10.1. The summed E-state index contributed by atoms with van der Waals surface area (Å²) in [5, 5.41) is 10.5. The molecule has 1 amide bonds. The van der Waals surface area contributed by atoms with Crippen molar-refractivity contribution in [2.45, 2.75) is 32.0 Å². The quantitative estimate of drug-likeness (QED) is 0.916. The van der Waals surface area contributed by atoms with E-state index in [1.54, 1.807) is 25.3 Å². The first-order valence-electron chi connectivity index (χ1n) is 7.32. The van der Waals surface area contributed by atoms with Crippen LogP contribution in [0, 0.1) is 0 Å². The minimum Gasteiger partial charge on any atom is -0.508 e. The molecule has 2 aromatic rings. The lowest BCUT2D eigenvalue weighted by Gasteiger charge is -2.33. The number of carbonyl (C=O) groups excluding carboxylic acids is 1. The van der Waals surface area contributed by atoms with E-state index < -0.39 is 0 Å². The Kier molecular flexibility index (Phi) is 2.72. The molecule has 3 heterocycles.